The predicted molar refractivity (Wildman–Crippen MR) is 76.3 cm³/mol. The average molecular weight is 260 g/mol. The first-order valence-electron chi connectivity index (χ1n) is 7.49. The second-order valence-electron chi connectivity index (χ2n) is 6.59. The molecular weight excluding hydrogens is 236 g/mol. The van der Waals surface area contributed by atoms with Crippen molar-refractivity contribution >= 4 is 0 Å². The van der Waals surface area contributed by atoms with Gasteiger partial charge in [-0.25, -0.2) is 0 Å². The molecule has 2 heteroatoms. The van der Waals surface area contributed by atoms with Crippen LogP contribution >= 0.6 is 0 Å². The van der Waals surface area contributed by atoms with Crippen LogP contribution in [0.4, 0.5) is 0 Å². The molecule has 0 saturated heterocycles. The Morgan fingerprint density at radius 3 is 2.89 bits per heavy atom. The molecule has 1 fully saturated rings. The molecule has 1 aliphatic heterocycles. The molecule has 0 aromatic heterocycles. The number of hydrogen-bond acceptors (Lipinski definition) is 2. The third-order valence-corrected chi connectivity index (χ3v) is 5.32. The van der Waals surface area contributed by atoms with Gasteiger partial charge in [0.1, 0.15) is 11.4 Å². The van der Waals surface area contributed by atoms with Crippen LogP contribution < -0.4 is 4.74 Å². The highest BCUT2D eigenvalue weighted by Crippen LogP contribution is 2.50. The summed E-state index contributed by atoms with van der Waals surface area (Å²) in [5, 5.41) is 10.5. The molecule has 0 bridgehead atoms. The lowest BCUT2D eigenvalue weighted by Crippen LogP contribution is -2.50. The molecule has 1 heterocycles. The summed E-state index contributed by atoms with van der Waals surface area (Å²) in [7, 11) is 0. The Hall–Kier alpha value is -1.02. The van der Waals surface area contributed by atoms with Crippen LogP contribution in [0.25, 0.3) is 0 Å². The molecule has 19 heavy (non-hydrogen) atoms. The summed E-state index contributed by atoms with van der Waals surface area (Å²) in [4.78, 5) is 0. The standard InChI is InChI=1S/C17H24O2/c1-11-6-7-16-14(9-11)15(18)10-17(19-16)8-4-5-12(2)13(17)3/h6-7,9,12-13,15,18H,4-5,8,10H2,1-3H3/t12?,13?,15-,17?/m0/s1. The third kappa shape index (κ3) is 2.06. The minimum Gasteiger partial charge on any atom is -0.486 e. The number of aryl methyl sites for hydroxylation is 1. The second kappa shape index (κ2) is 4.52. The molecule has 104 valence electrons. The molecule has 3 rings (SSSR count). The SMILES string of the molecule is Cc1ccc2c(c1)[C@@H](O)CC1(CCCC(C)C1C)O2. The van der Waals surface area contributed by atoms with E-state index in [0.717, 1.165) is 24.2 Å². The Morgan fingerprint density at radius 2 is 2.11 bits per heavy atom. The van der Waals surface area contributed by atoms with E-state index in [0.29, 0.717) is 11.8 Å². The molecule has 2 aliphatic rings. The molecule has 0 radical (unpaired) electrons. The highest BCUT2D eigenvalue weighted by molar-refractivity contribution is 5.41. The van der Waals surface area contributed by atoms with Crippen LogP contribution in [0, 0.1) is 18.8 Å². The van der Waals surface area contributed by atoms with Crippen molar-refractivity contribution in [3.05, 3.63) is 29.3 Å². The number of ether oxygens (including phenoxy) is 1. The van der Waals surface area contributed by atoms with Gasteiger partial charge in [-0.15, -0.1) is 0 Å². The van der Waals surface area contributed by atoms with Crippen molar-refractivity contribution in [2.75, 3.05) is 0 Å². The predicted octanol–water partition coefficient (Wildman–Crippen LogP) is 4.01. The van der Waals surface area contributed by atoms with Crippen LogP contribution in [0.3, 0.4) is 0 Å². The summed E-state index contributed by atoms with van der Waals surface area (Å²) in [5.74, 6) is 2.07. The van der Waals surface area contributed by atoms with E-state index < -0.39 is 0 Å². The fourth-order valence-electron chi connectivity index (χ4n) is 3.87. The average Bonchev–Trinajstić information content (AvgIpc) is 2.37. The molecule has 2 nitrogen and oxygen atoms in total. The van der Waals surface area contributed by atoms with Crippen LogP contribution in [0.2, 0.25) is 0 Å². The van der Waals surface area contributed by atoms with E-state index in [9.17, 15) is 5.11 Å². The topological polar surface area (TPSA) is 29.5 Å². The molecule has 1 saturated carbocycles. The van der Waals surface area contributed by atoms with Crippen molar-refractivity contribution < 1.29 is 9.84 Å². The van der Waals surface area contributed by atoms with E-state index in [1.165, 1.54) is 18.4 Å². The van der Waals surface area contributed by atoms with Gasteiger partial charge < -0.3 is 9.84 Å². The molecule has 1 aliphatic carbocycles. The van der Waals surface area contributed by atoms with Crippen molar-refractivity contribution in [3.8, 4) is 5.75 Å². The van der Waals surface area contributed by atoms with Crippen molar-refractivity contribution in [3.63, 3.8) is 0 Å². The van der Waals surface area contributed by atoms with Crippen LogP contribution in [0.15, 0.2) is 18.2 Å². The van der Waals surface area contributed by atoms with E-state index in [2.05, 4.69) is 32.9 Å². The minimum absolute atomic E-state index is 0.153. The molecule has 1 aromatic rings. The number of hydrogen-bond donors (Lipinski definition) is 1. The van der Waals surface area contributed by atoms with Gasteiger partial charge in [-0.3, -0.25) is 0 Å². The normalized spacial score (nSPS) is 37.8. The fraction of sp³-hybridized carbons (Fsp3) is 0.647. The van der Waals surface area contributed by atoms with E-state index >= 15 is 0 Å². The van der Waals surface area contributed by atoms with Crippen LogP contribution in [0.5, 0.6) is 5.75 Å². The summed E-state index contributed by atoms with van der Waals surface area (Å²) in [6.45, 7) is 6.66. The third-order valence-electron chi connectivity index (χ3n) is 5.32. The van der Waals surface area contributed by atoms with Gasteiger partial charge in [0.25, 0.3) is 0 Å². The number of aliphatic hydroxyl groups excluding tert-OH is 1. The van der Waals surface area contributed by atoms with Gasteiger partial charge in [0.15, 0.2) is 0 Å². The second-order valence-corrected chi connectivity index (χ2v) is 6.59. The Balaban J connectivity index is 1.98. The zero-order valence-corrected chi connectivity index (χ0v) is 12.1. The highest BCUT2D eigenvalue weighted by atomic mass is 16.5. The maximum atomic E-state index is 10.5. The van der Waals surface area contributed by atoms with Crippen molar-refractivity contribution in [2.45, 2.75) is 58.2 Å². The number of fused-ring (bicyclic) bond motifs is 1. The van der Waals surface area contributed by atoms with E-state index in [4.69, 9.17) is 4.74 Å². The molecular formula is C17H24O2. The Bertz CT molecular complexity index is 482. The smallest absolute Gasteiger partial charge is 0.125 e. The van der Waals surface area contributed by atoms with E-state index in [1.54, 1.807) is 0 Å². The van der Waals surface area contributed by atoms with Crippen molar-refractivity contribution in [1.29, 1.82) is 0 Å². The molecule has 1 spiro atoms. The summed E-state index contributed by atoms with van der Waals surface area (Å²) >= 11 is 0. The maximum Gasteiger partial charge on any atom is 0.125 e. The molecule has 3 unspecified atom stereocenters. The highest BCUT2D eigenvalue weighted by Gasteiger charge is 2.48. The monoisotopic (exact) mass is 260 g/mol. The first-order chi connectivity index (χ1) is 9.02. The van der Waals surface area contributed by atoms with Crippen molar-refractivity contribution in [1.82, 2.24) is 0 Å². The number of aliphatic hydroxyl groups is 1. The lowest BCUT2D eigenvalue weighted by atomic mass is 9.67. The zero-order chi connectivity index (χ0) is 13.6. The zero-order valence-electron chi connectivity index (χ0n) is 12.1. The van der Waals surface area contributed by atoms with Crippen LogP contribution in [-0.4, -0.2) is 10.7 Å². The van der Waals surface area contributed by atoms with E-state index in [1.807, 2.05) is 6.07 Å². The summed E-state index contributed by atoms with van der Waals surface area (Å²) in [5.41, 5.74) is 2.00. The molecule has 4 atom stereocenters. The van der Waals surface area contributed by atoms with Gasteiger partial charge in [-0.05, 0) is 43.7 Å². The summed E-state index contributed by atoms with van der Waals surface area (Å²) in [6.07, 6.45) is 3.93. The minimum atomic E-state index is -0.378. The van der Waals surface area contributed by atoms with Crippen LogP contribution in [0.1, 0.15) is 56.8 Å². The van der Waals surface area contributed by atoms with Gasteiger partial charge in [0, 0.05) is 12.0 Å². The van der Waals surface area contributed by atoms with Gasteiger partial charge in [0.2, 0.25) is 0 Å². The largest absolute Gasteiger partial charge is 0.486 e. The summed E-state index contributed by atoms with van der Waals surface area (Å²) < 4.78 is 6.41. The van der Waals surface area contributed by atoms with Gasteiger partial charge in [-0.1, -0.05) is 31.9 Å². The van der Waals surface area contributed by atoms with Crippen molar-refractivity contribution in [2.24, 2.45) is 11.8 Å². The lowest BCUT2D eigenvalue weighted by molar-refractivity contribution is -0.0879. The van der Waals surface area contributed by atoms with Gasteiger partial charge >= 0.3 is 0 Å². The number of benzene rings is 1. The Labute approximate surface area is 115 Å². The molecule has 1 N–H and O–H groups in total. The number of rotatable bonds is 0. The Kier molecular flexibility index (Phi) is 3.09. The van der Waals surface area contributed by atoms with E-state index in [-0.39, 0.29) is 11.7 Å². The molecule has 0 amide bonds. The maximum absolute atomic E-state index is 10.5. The Morgan fingerprint density at radius 1 is 1.32 bits per heavy atom. The first-order valence-corrected chi connectivity index (χ1v) is 7.49. The first kappa shape index (κ1) is 13.0. The summed E-state index contributed by atoms with van der Waals surface area (Å²) in [6, 6.07) is 6.16. The van der Waals surface area contributed by atoms with Gasteiger partial charge in [-0.2, -0.15) is 0 Å². The lowest BCUT2D eigenvalue weighted by Gasteiger charge is -2.49. The quantitative estimate of drug-likeness (QED) is 0.764. The van der Waals surface area contributed by atoms with Gasteiger partial charge in [0.05, 0.1) is 6.10 Å². The fourth-order valence-corrected chi connectivity index (χ4v) is 3.87. The van der Waals surface area contributed by atoms with Crippen LogP contribution in [-0.2, 0) is 0 Å². The molecule has 1 aromatic carbocycles.